The Morgan fingerprint density at radius 3 is 2.46 bits per heavy atom. The lowest BCUT2D eigenvalue weighted by Crippen LogP contribution is -2.44. The number of carbonyl (C=O) groups is 2. The highest BCUT2D eigenvalue weighted by Crippen LogP contribution is 2.33. The van der Waals surface area contributed by atoms with Crippen molar-refractivity contribution < 1.29 is 14.0 Å². The van der Waals surface area contributed by atoms with Gasteiger partial charge in [0.25, 0.3) is 5.91 Å². The molecular weight excluding hydrogens is 491 g/mol. The molecule has 0 aliphatic carbocycles. The van der Waals surface area contributed by atoms with E-state index in [-0.39, 0.29) is 29.8 Å². The zero-order chi connectivity index (χ0) is 26.7. The molecule has 1 aliphatic rings. The van der Waals surface area contributed by atoms with Gasteiger partial charge in [0.15, 0.2) is 0 Å². The number of hydrogen-bond acceptors (Lipinski definition) is 4. The summed E-state index contributed by atoms with van der Waals surface area (Å²) in [6, 6.07) is 18.0. The number of aliphatic imine (C=N–C) groups is 1. The highest BCUT2D eigenvalue weighted by molar-refractivity contribution is 6.32. The van der Waals surface area contributed by atoms with E-state index in [0.717, 1.165) is 5.69 Å². The zero-order valence-corrected chi connectivity index (χ0v) is 22.1. The van der Waals surface area contributed by atoms with Gasteiger partial charge < -0.3 is 15.1 Å². The van der Waals surface area contributed by atoms with Gasteiger partial charge >= 0.3 is 0 Å². The minimum absolute atomic E-state index is 0.136. The SMILES string of the molecule is CC[C@@H](C)[C@H]1N=C(c2ccccc2F)c2cc(Cl)ccc2N(CC(=O)Nc2ccc(N(C)C)cc2)C1=O. The molecule has 0 bridgehead atoms. The molecule has 0 saturated heterocycles. The second-order valence-electron chi connectivity index (χ2n) is 9.36. The predicted octanol–water partition coefficient (Wildman–Crippen LogP) is 5.78. The number of halogens is 2. The van der Waals surface area contributed by atoms with Crippen LogP contribution in [-0.2, 0) is 9.59 Å². The normalized spacial score (nSPS) is 15.9. The van der Waals surface area contributed by atoms with Crippen LogP contribution in [-0.4, -0.2) is 44.2 Å². The number of amides is 2. The van der Waals surface area contributed by atoms with E-state index in [1.165, 1.54) is 11.0 Å². The van der Waals surface area contributed by atoms with Crippen molar-refractivity contribution in [3.8, 4) is 0 Å². The molecule has 6 nitrogen and oxygen atoms in total. The number of carbonyl (C=O) groups excluding carboxylic acids is 2. The summed E-state index contributed by atoms with van der Waals surface area (Å²) < 4.78 is 15.0. The first kappa shape index (κ1) is 26.4. The van der Waals surface area contributed by atoms with Crippen molar-refractivity contribution in [2.75, 3.05) is 35.8 Å². The number of nitrogens with zero attached hydrogens (tertiary/aromatic N) is 3. The Hall–Kier alpha value is -3.71. The molecule has 3 aromatic rings. The van der Waals surface area contributed by atoms with Crippen LogP contribution in [0, 0.1) is 11.7 Å². The number of benzene rings is 3. The summed E-state index contributed by atoms with van der Waals surface area (Å²) in [6.45, 7) is 3.67. The first-order chi connectivity index (χ1) is 17.7. The smallest absolute Gasteiger partial charge is 0.252 e. The van der Waals surface area contributed by atoms with E-state index in [1.807, 2.05) is 57.1 Å². The van der Waals surface area contributed by atoms with Crippen LogP contribution in [0.25, 0.3) is 0 Å². The molecule has 192 valence electrons. The lowest BCUT2D eigenvalue weighted by Gasteiger charge is -2.26. The van der Waals surface area contributed by atoms with Gasteiger partial charge in [-0.15, -0.1) is 0 Å². The van der Waals surface area contributed by atoms with E-state index >= 15 is 0 Å². The van der Waals surface area contributed by atoms with Crippen LogP contribution >= 0.6 is 11.6 Å². The molecule has 37 heavy (non-hydrogen) atoms. The highest BCUT2D eigenvalue weighted by Gasteiger charge is 2.36. The van der Waals surface area contributed by atoms with Crippen molar-refractivity contribution in [2.24, 2.45) is 10.9 Å². The molecule has 0 unspecified atom stereocenters. The summed E-state index contributed by atoms with van der Waals surface area (Å²) in [6.07, 6.45) is 0.680. The van der Waals surface area contributed by atoms with Gasteiger partial charge in [-0.1, -0.05) is 44.0 Å². The van der Waals surface area contributed by atoms with Gasteiger partial charge in [-0.05, 0) is 60.5 Å². The van der Waals surface area contributed by atoms with Crippen molar-refractivity contribution in [1.82, 2.24) is 0 Å². The van der Waals surface area contributed by atoms with Gasteiger partial charge in [0, 0.05) is 41.6 Å². The average Bonchev–Trinajstić information content (AvgIpc) is 2.99. The summed E-state index contributed by atoms with van der Waals surface area (Å²) in [5, 5.41) is 3.29. The second kappa shape index (κ2) is 11.1. The minimum Gasteiger partial charge on any atom is -0.378 e. The van der Waals surface area contributed by atoms with Crippen molar-refractivity contribution in [3.05, 3.63) is 88.7 Å². The first-order valence-electron chi connectivity index (χ1n) is 12.2. The second-order valence-corrected chi connectivity index (χ2v) is 9.80. The zero-order valence-electron chi connectivity index (χ0n) is 21.3. The molecule has 0 radical (unpaired) electrons. The number of fused-ring (bicyclic) bond motifs is 1. The van der Waals surface area contributed by atoms with Gasteiger partial charge in [-0.2, -0.15) is 0 Å². The van der Waals surface area contributed by atoms with Crippen molar-refractivity contribution in [3.63, 3.8) is 0 Å². The van der Waals surface area contributed by atoms with E-state index in [4.69, 9.17) is 16.6 Å². The molecule has 2 amide bonds. The Kier molecular flexibility index (Phi) is 7.93. The van der Waals surface area contributed by atoms with Crippen LogP contribution in [0.3, 0.4) is 0 Å². The van der Waals surface area contributed by atoms with Crippen molar-refractivity contribution in [2.45, 2.75) is 26.3 Å². The van der Waals surface area contributed by atoms with Crippen LogP contribution in [0.2, 0.25) is 5.02 Å². The predicted molar refractivity (Wildman–Crippen MR) is 148 cm³/mol. The number of nitrogens with one attached hydrogen (secondary N) is 1. The maximum absolute atomic E-state index is 15.0. The Bertz CT molecular complexity index is 1340. The summed E-state index contributed by atoms with van der Waals surface area (Å²) >= 11 is 6.35. The average molecular weight is 521 g/mol. The van der Waals surface area contributed by atoms with Crippen LogP contribution < -0.4 is 15.1 Å². The summed E-state index contributed by atoms with van der Waals surface area (Å²) in [5.74, 6) is -1.26. The maximum atomic E-state index is 15.0. The van der Waals surface area contributed by atoms with Crippen molar-refractivity contribution >= 4 is 46.2 Å². The number of anilines is 3. The van der Waals surface area contributed by atoms with E-state index < -0.39 is 11.9 Å². The molecule has 3 aromatic carbocycles. The van der Waals surface area contributed by atoms with Gasteiger partial charge in [0.05, 0.1) is 11.4 Å². The maximum Gasteiger partial charge on any atom is 0.252 e. The molecule has 0 saturated carbocycles. The quantitative estimate of drug-likeness (QED) is 0.429. The van der Waals surface area contributed by atoms with E-state index in [0.29, 0.717) is 34.1 Å². The van der Waals surface area contributed by atoms with Crippen LogP contribution in [0.15, 0.2) is 71.7 Å². The van der Waals surface area contributed by atoms with E-state index in [9.17, 15) is 14.0 Å². The molecule has 2 atom stereocenters. The summed E-state index contributed by atoms with van der Waals surface area (Å²) in [4.78, 5) is 35.2. The molecule has 1 N–H and O–H groups in total. The Morgan fingerprint density at radius 1 is 1.11 bits per heavy atom. The Morgan fingerprint density at radius 2 is 1.81 bits per heavy atom. The topological polar surface area (TPSA) is 65.0 Å². The Labute approximate surface area is 221 Å². The molecule has 8 heteroatoms. The fraction of sp³-hybridized carbons (Fsp3) is 0.276. The third-order valence-electron chi connectivity index (χ3n) is 6.57. The number of rotatable bonds is 7. The third kappa shape index (κ3) is 5.67. The number of benzodiazepines with no additional fused rings is 1. The highest BCUT2D eigenvalue weighted by atomic mass is 35.5. The van der Waals surface area contributed by atoms with Gasteiger partial charge in [0.2, 0.25) is 5.91 Å². The van der Waals surface area contributed by atoms with Crippen LogP contribution in [0.5, 0.6) is 0 Å². The fourth-order valence-electron chi connectivity index (χ4n) is 4.29. The van der Waals surface area contributed by atoms with Crippen LogP contribution in [0.1, 0.15) is 31.4 Å². The molecule has 4 rings (SSSR count). The monoisotopic (exact) mass is 520 g/mol. The molecule has 1 heterocycles. The molecule has 0 aromatic heterocycles. The molecule has 1 aliphatic heterocycles. The van der Waals surface area contributed by atoms with Gasteiger partial charge in [-0.25, -0.2) is 4.39 Å². The Balaban J connectivity index is 1.75. The van der Waals surface area contributed by atoms with Crippen LogP contribution in [0.4, 0.5) is 21.5 Å². The van der Waals surface area contributed by atoms with Crippen molar-refractivity contribution in [1.29, 1.82) is 0 Å². The largest absolute Gasteiger partial charge is 0.378 e. The first-order valence-corrected chi connectivity index (χ1v) is 12.6. The van der Waals surface area contributed by atoms with E-state index in [1.54, 1.807) is 36.4 Å². The molecular formula is C29H30ClFN4O2. The number of hydrogen-bond donors (Lipinski definition) is 1. The minimum atomic E-state index is -0.794. The standard InChI is InChI=1S/C29H30ClFN4O2/c1-5-18(2)27-29(37)35(17-26(36)32-20-11-13-21(14-12-20)34(3)4)25-15-10-19(30)16-23(25)28(33-27)22-8-6-7-9-24(22)31/h6-16,18,27H,5,17H2,1-4H3,(H,32,36)/t18-,27-/m1/s1. The van der Waals surface area contributed by atoms with Gasteiger partial charge in [-0.3, -0.25) is 14.6 Å². The third-order valence-corrected chi connectivity index (χ3v) is 6.81. The molecule has 0 spiro atoms. The van der Waals surface area contributed by atoms with Gasteiger partial charge in [0.1, 0.15) is 18.4 Å². The fourth-order valence-corrected chi connectivity index (χ4v) is 4.46. The van der Waals surface area contributed by atoms with E-state index in [2.05, 4.69) is 5.32 Å². The molecule has 0 fully saturated rings. The summed E-state index contributed by atoms with van der Waals surface area (Å²) in [7, 11) is 3.88. The summed E-state index contributed by atoms with van der Waals surface area (Å²) in [5.41, 5.74) is 3.20. The lowest BCUT2D eigenvalue weighted by molar-refractivity contribution is -0.123. The lowest BCUT2D eigenvalue weighted by atomic mass is 9.97.